The van der Waals surface area contributed by atoms with Crippen molar-refractivity contribution in [1.82, 2.24) is 0 Å². The smallest absolute Gasteiger partial charge is 0.113 e. The minimum Gasteiger partial charge on any atom is -0.300 e. The lowest BCUT2D eigenvalue weighted by Gasteiger charge is -2.15. The Labute approximate surface area is 106 Å². The van der Waals surface area contributed by atoms with Crippen LogP contribution in [0.3, 0.4) is 0 Å². The predicted octanol–water partition coefficient (Wildman–Crippen LogP) is 2.97. The number of rotatable bonds is 3. The van der Waals surface area contributed by atoms with Crippen LogP contribution in [0.2, 0.25) is 5.02 Å². The molecule has 1 aromatic carbocycles. The van der Waals surface area contributed by atoms with Gasteiger partial charge in [-0.3, -0.25) is 4.31 Å². The Morgan fingerprint density at radius 3 is 2.67 bits per heavy atom. The summed E-state index contributed by atoms with van der Waals surface area (Å²) in [5, 5.41) is 9.13. The molecule has 0 unspecified atom stereocenters. The Bertz CT molecular complexity index is 368. The van der Waals surface area contributed by atoms with Gasteiger partial charge in [-0.1, -0.05) is 11.6 Å². The third kappa shape index (κ3) is 3.84. The molecule has 0 fully saturated rings. The van der Waals surface area contributed by atoms with Gasteiger partial charge in [0, 0.05) is 7.05 Å². The fourth-order valence-corrected chi connectivity index (χ4v) is 1.59. The van der Waals surface area contributed by atoms with E-state index in [2.05, 4.69) is 0 Å². The molecule has 0 spiro atoms. The molecular formula is C9H11ClN2OS2. The number of nitrogens with zero attached hydrogens (tertiary/aromatic N) is 2. The minimum absolute atomic E-state index is 0. The van der Waals surface area contributed by atoms with Gasteiger partial charge in [0.25, 0.3) is 0 Å². The summed E-state index contributed by atoms with van der Waals surface area (Å²) in [5.41, 5.74) is 1.37. The van der Waals surface area contributed by atoms with E-state index in [0.717, 1.165) is 5.69 Å². The first-order valence-electron chi connectivity index (χ1n) is 3.83. The maximum Gasteiger partial charge on any atom is 0.113 e. The van der Waals surface area contributed by atoms with Crippen molar-refractivity contribution in [1.29, 1.82) is 5.26 Å². The van der Waals surface area contributed by atoms with Crippen molar-refractivity contribution >= 4 is 43.0 Å². The molecule has 1 aromatic rings. The lowest BCUT2D eigenvalue weighted by Crippen LogP contribution is -2.06. The van der Waals surface area contributed by atoms with E-state index in [1.54, 1.807) is 19.2 Å². The first-order chi connectivity index (χ1) is 6.69. The summed E-state index contributed by atoms with van der Waals surface area (Å²) in [6.45, 7) is 0. The molecule has 15 heavy (non-hydrogen) atoms. The van der Waals surface area contributed by atoms with Crippen molar-refractivity contribution in [3.05, 3.63) is 28.8 Å². The van der Waals surface area contributed by atoms with E-state index in [1.807, 2.05) is 23.5 Å². The average molecular weight is 263 g/mol. The topological polar surface area (TPSA) is 36.3 Å². The summed E-state index contributed by atoms with van der Waals surface area (Å²) in [6.07, 6.45) is 0. The van der Waals surface area contributed by atoms with Gasteiger partial charge in [0.1, 0.15) is 18.3 Å². The van der Waals surface area contributed by atoms with Crippen LogP contribution in [-0.4, -0.2) is 14.2 Å². The average Bonchev–Trinajstić information content (AvgIpc) is 2.18. The van der Waals surface area contributed by atoms with Crippen LogP contribution < -0.4 is 4.31 Å². The SMILES string of the molecule is COSN(C)c1ccc(C#N)c(Cl)c1.S. The standard InChI is InChI=1S/C9H9ClN2OS.H2S/c1-12(14-13-2)8-4-3-7(6-11)9(10)5-8;/h3-5H,1-2H3;1H2. The van der Waals surface area contributed by atoms with Crippen LogP contribution in [0.5, 0.6) is 0 Å². The highest BCUT2D eigenvalue weighted by molar-refractivity contribution is 7.96. The molecule has 0 aliphatic heterocycles. The van der Waals surface area contributed by atoms with E-state index in [4.69, 9.17) is 21.0 Å². The van der Waals surface area contributed by atoms with Gasteiger partial charge in [-0.15, -0.1) is 0 Å². The maximum absolute atomic E-state index is 8.67. The van der Waals surface area contributed by atoms with Crippen molar-refractivity contribution < 1.29 is 4.18 Å². The van der Waals surface area contributed by atoms with Gasteiger partial charge < -0.3 is 4.18 Å². The van der Waals surface area contributed by atoms with Crippen LogP contribution in [0.1, 0.15) is 5.56 Å². The van der Waals surface area contributed by atoms with Crippen molar-refractivity contribution in [2.75, 3.05) is 18.5 Å². The number of benzene rings is 1. The van der Waals surface area contributed by atoms with Crippen molar-refractivity contribution in [2.24, 2.45) is 0 Å². The minimum atomic E-state index is 0. The van der Waals surface area contributed by atoms with Crippen LogP contribution in [0.25, 0.3) is 0 Å². The van der Waals surface area contributed by atoms with Crippen LogP contribution in [0.4, 0.5) is 5.69 Å². The molecule has 0 radical (unpaired) electrons. The number of hydrogen-bond acceptors (Lipinski definition) is 4. The molecule has 0 aliphatic rings. The maximum atomic E-state index is 8.67. The lowest BCUT2D eigenvalue weighted by atomic mass is 10.2. The molecule has 82 valence electrons. The summed E-state index contributed by atoms with van der Waals surface area (Å²) < 4.78 is 6.70. The molecule has 1 rings (SSSR count). The zero-order chi connectivity index (χ0) is 10.6. The van der Waals surface area contributed by atoms with Crippen LogP contribution in [0, 0.1) is 11.3 Å². The highest BCUT2D eigenvalue weighted by Crippen LogP contribution is 2.26. The van der Waals surface area contributed by atoms with Gasteiger partial charge in [-0.2, -0.15) is 18.8 Å². The second kappa shape index (κ2) is 6.85. The Morgan fingerprint density at radius 1 is 1.53 bits per heavy atom. The summed E-state index contributed by atoms with van der Waals surface area (Å²) in [7, 11) is 3.44. The van der Waals surface area contributed by atoms with Crippen molar-refractivity contribution in [3.8, 4) is 6.07 Å². The monoisotopic (exact) mass is 262 g/mol. The van der Waals surface area contributed by atoms with E-state index < -0.39 is 0 Å². The molecule has 0 amide bonds. The van der Waals surface area contributed by atoms with E-state index in [1.165, 1.54) is 12.2 Å². The van der Waals surface area contributed by atoms with Crippen LogP contribution >= 0.6 is 37.3 Å². The number of halogens is 1. The summed E-state index contributed by atoms with van der Waals surface area (Å²) in [5.74, 6) is 0. The molecule has 0 heterocycles. The molecule has 0 atom stereocenters. The van der Waals surface area contributed by atoms with Crippen molar-refractivity contribution in [3.63, 3.8) is 0 Å². The molecule has 0 N–H and O–H groups in total. The molecular weight excluding hydrogens is 252 g/mol. The summed E-state index contributed by atoms with van der Waals surface area (Å²) in [6, 6.07) is 7.23. The normalized spacial score (nSPS) is 8.93. The predicted molar refractivity (Wildman–Crippen MR) is 69.6 cm³/mol. The Balaban J connectivity index is 0.00000196. The molecule has 0 aliphatic carbocycles. The third-order valence-corrected chi connectivity index (χ3v) is 2.52. The fourth-order valence-electron chi connectivity index (χ4n) is 0.945. The van der Waals surface area contributed by atoms with Gasteiger partial charge in [-0.05, 0) is 18.2 Å². The lowest BCUT2D eigenvalue weighted by molar-refractivity contribution is 0.489. The third-order valence-electron chi connectivity index (χ3n) is 1.62. The quantitative estimate of drug-likeness (QED) is 0.620. The second-order valence-electron chi connectivity index (χ2n) is 2.51. The highest BCUT2D eigenvalue weighted by Gasteiger charge is 2.05. The van der Waals surface area contributed by atoms with Gasteiger partial charge in [0.15, 0.2) is 0 Å². The summed E-state index contributed by atoms with van der Waals surface area (Å²) in [4.78, 5) is 0. The Kier molecular flexibility index (Phi) is 6.61. The second-order valence-corrected chi connectivity index (χ2v) is 3.95. The fraction of sp³-hybridized carbons (Fsp3) is 0.222. The Morgan fingerprint density at radius 2 is 2.20 bits per heavy atom. The Hall–Kier alpha value is -0.540. The van der Waals surface area contributed by atoms with Crippen LogP contribution in [-0.2, 0) is 4.18 Å². The van der Waals surface area contributed by atoms with Crippen molar-refractivity contribution in [2.45, 2.75) is 0 Å². The number of hydrogen-bond donors (Lipinski definition) is 0. The largest absolute Gasteiger partial charge is 0.300 e. The number of anilines is 1. The molecule has 0 bridgehead atoms. The van der Waals surface area contributed by atoms with Gasteiger partial charge in [0.05, 0.1) is 23.4 Å². The van der Waals surface area contributed by atoms with E-state index in [-0.39, 0.29) is 13.5 Å². The summed E-state index contributed by atoms with van der Waals surface area (Å²) >= 11 is 7.07. The molecule has 6 heteroatoms. The van der Waals surface area contributed by atoms with E-state index >= 15 is 0 Å². The van der Waals surface area contributed by atoms with E-state index in [9.17, 15) is 0 Å². The molecule has 0 aromatic heterocycles. The van der Waals surface area contributed by atoms with Gasteiger partial charge in [-0.25, -0.2) is 0 Å². The number of nitriles is 1. The zero-order valence-corrected chi connectivity index (χ0v) is 10.9. The first kappa shape index (κ1) is 14.5. The van der Waals surface area contributed by atoms with E-state index in [0.29, 0.717) is 10.6 Å². The molecule has 0 saturated carbocycles. The first-order valence-corrected chi connectivity index (χ1v) is 4.91. The molecule has 0 saturated heterocycles. The highest BCUT2D eigenvalue weighted by atomic mass is 35.5. The molecule has 3 nitrogen and oxygen atoms in total. The van der Waals surface area contributed by atoms with Gasteiger partial charge >= 0.3 is 0 Å². The van der Waals surface area contributed by atoms with Crippen LogP contribution in [0.15, 0.2) is 18.2 Å². The van der Waals surface area contributed by atoms with Gasteiger partial charge in [0.2, 0.25) is 0 Å². The zero-order valence-electron chi connectivity index (χ0n) is 8.32.